The molecule has 0 saturated heterocycles. The first-order chi connectivity index (χ1) is 11.3. The van der Waals surface area contributed by atoms with E-state index in [4.69, 9.17) is 0 Å². The van der Waals surface area contributed by atoms with Crippen LogP contribution in [-0.4, -0.2) is 23.1 Å². The minimum Gasteiger partial charge on any atom is -0.383 e. The number of nitrogens with one attached hydrogen (secondary N) is 2. The standard InChI is InChI=1S/C19H22N4/c1-3-15-12-18(16-6-4-5-7-17(16)23-15)20-10-11-21-19-9-8-14(2)13-22-19/h4-9,12-13H,3,10-11H2,1-2H3,(H,20,23)(H,21,22). The van der Waals surface area contributed by atoms with Crippen molar-refractivity contribution in [2.45, 2.75) is 20.3 Å². The Bertz CT molecular complexity index is 781. The van der Waals surface area contributed by atoms with Crippen LogP contribution in [0.15, 0.2) is 48.7 Å². The fraction of sp³-hybridized carbons (Fsp3) is 0.263. The molecular weight excluding hydrogens is 284 g/mol. The Morgan fingerprint density at radius 2 is 1.83 bits per heavy atom. The fourth-order valence-corrected chi connectivity index (χ4v) is 2.52. The van der Waals surface area contributed by atoms with Crippen molar-refractivity contribution >= 4 is 22.4 Å². The lowest BCUT2D eigenvalue weighted by atomic mass is 10.1. The number of rotatable bonds is 6. The van der Waals surface area contributed by atoms with Gasteiger partial charge in [-0.1, -0.05) is 31.2 Å². The minimum atomic E-state index is 0.814. The third-order valence-corrected chi connectivity index (χ3v) is 3.79. The molecule has 3 aromatic rings. The molecular formula is C19H22N4. The highest BCUT2D eigenvalue weighted by atomic mass is 15.0. The minimum absolute atomic E-state index is 0.814. The molecule has 0 atom stereocenters. The summed E-state index contributed by atoms with van der Waals surface area (Å²) in [6.07, 6.45) is 2.81. The van der Waals surface area contributed by atoms with E-state index in [1.54, 1.807) is 0 Å². The molecule has 4 heteroatoms. The monoisotopic (exact) mass is 306 g/mol. The van der Waals surface area contributed by atoms with E-state index in [0.29, 0.717) is 0 Å². The summed E-state index contributed by atoms with van der Waals surface area (Å²) in [6.45, 7) is 5.81. The van der Waals surface area contributed by atoms with Gasteiger partial charge < -0.3 is 10.6 Å². The molecule has 0 aliphatic rings. The Morgan fingerprint density at radius 3 is 2.61 bits per heavy atom. The molecule has 0 aliphatic carbocycles. The van der Waals surface area contributed by atoms with Crippen molar-refractivity contribution in [2.24, 2.45) is 0 Å². The Hall–Kier alpha value is -2.62. The Morgan fingerprint density at radius 1 is 1.00 bits per heavy atom. The maximum atomic E-state index is 4.67. The molecule has 0 aliphatic heterocycles. The van der Waals surface area contributed by atoms with Gasteiger partial charge in [-0.3, -0.25) is 4.98 Å². The van der Waals surface area contributed by atoms with E-state index in [1.807, 2.05) is 25.3 Å². The molecule has 0 spiro atoms. The van der Waals surface area contributed by atoms with Crippen LogP contribution in [0, 0.1) is 6.92 Å². The van der Waals surface area contributed by atoms with Gasteiger partial charge >= 0.3 is 0 Å². The first-order valence-electron chi connectivity index (χ1n) is 8.05. The number of fused-ring (bicyclic) bond motifs is 1. The zero-order chi connectivity index (χ0) is 16.1. The lowest BCUT2D eigenvalue weighted by Crippen LogP contribution is -2.14. The second-order valence-corrected chi connectivity index (χ2v) is 5.61. The molecule has 3 rings (SSSR count). The molecule has 0 bridgehead atoms. The molecule has 0 unspecified atom stereocenters. The summed E-state index contributed by atoms with van der Waals surface area (Å²) in [6, 6.07) is 14.5. The molecule has 2 heterocycles. The lowest BCUT2D eigenvalue weighted by Gasteiger charge is -2.12. The van der Waals surface area contributed by atoms with Crippen LogP contribution in [0.3, 0.4) is 0 Å². The summed E-state index contributed by atoms with van der Waals surface area (Å²) in [5, 5.41) is 8.01. The smallest absolute Gasteiger partial charge is 0.125 e. The number of anilines is 2. The van der Waals surface area contributed by atoms with Gasteiger partial charge in [0.05, 0.1) is 5.52 Å². The van der Waals surface area contributed by atoms with Crippen molar-refractivity contribution in [1.29, 1.82) is 0 Å². The van der Waals surface area contributed by atoms with Gasteiger partial charge in [-0.25, -0.2) is 4.98 Å². The topological polar surface area (TPSA) is 49.8 Å². The fourth-order valence-electron chi connectivity index (χ4n) is 2.52. The molecule has 118 valence electrons. The van der Waals surface area contributed by atoms with Crippen molar-refractivity contribution in [3.63, 3.8) is 0 Å². The average Bonchev–Trinajstić information content (AvgIpc) is 2.60. The summed E-state index contributed by atoms with van der Waals surface area (Å²) < 4.78 is 0. The van der Waals surface area contributed by atoms with Crippen LogP contribution in [0.4, 0.5) is 11.5 Å². The SMILES string of the molecule is CCc1cc(NCCNc2ccc(C)cn2)c2ccccc2n1. The summed E-state index contributed by atoms with van der Waals surface area (Å²) >= 11 is 0. The van der Waals surface area contributed by atoms with Crippen LogP contribution in [0.5, 0.6) is 0 Å². The number of nitrogens with zero attached hydrogens (tertiary/aromatic N) is 2. The number of benzene rings is 1. The highest BCUT2D eigenvalue weighted by Crippen LogP contribution is 2.23. The van der Waals surface area contributed by atoms with Crippen LogP contribution >= 0.6 is 0 Å². The van der Waals surface area contributed by atoms with Gasteiger partial charge in [0, 0.05) is 36.1 Å². The number of hydrogen-bond donors (Lipinski definition) is 2. The zero-order valence-corrected chi connectivity index (χ0v) is 13.6. The predicted octanol–water partition coefficient (Wildman–Crippen LogP) is 4.02. The Kier molecular flexibility index (Phi) is 4.71. The Balaban J connectivity index is 1.65. The van der Waals surface area contributed by atoms with Crippen LogP contribution in [0.25, 0.3) is 10.9 Å². The van der Waals surface area contributed by atoms with Crippen molar-refractivity contribution in [3.05, 3.63) is 59.9 Å². The van der Waals surface area contributed by atoms with Gasteiger partial charge in [0.25, 0.3) is 0 Å². The van der Waals surface area contributed by atoms with Gasteiger partial charge in [0.15, 0.2) is 0 Å². The molecule has 2 aromatic heterocycles. The van der Waals surface area contributed by atoms with E-state index < -0.39 is 0 Å². The molecule has 0 saturated carbocycles. The molecule has 0 amide bonds. The molecule has 2 N–H and O–H groups in total. The van der Waals surface area contributed by atoms with Crippen molar-refractivity contribution < 1.29 is 0 Å². The highest BCUT2D eigenvalue weighted by Gasteiger charge is 2.04. The van der Waals surface area contributed by atoms with Crippen LogP contribution in [-0.2, 0) is 6.42 Å². The highest BCUT2D eigenvalue weighted by molar-refractivity contribution is 5.91. The molecule has 1 aromatic carbocycles. The summed E-state index contributed by atoms with van der Waals surface area (Å²) in [4.78, 5) is 9.02. The second-order valence-electron chi connectivity index (χ2n) is 5.61. The Labute approximate surface area is 137 Å². The number of aromatic nitrogens is 2. The van der Waals surface area contributed by atoms with Gasteiger partial charge in [0.1, 0.15) is 5.82 Å². The summed E-state index contributed by atoms with van der Waals surface area (Å²) in [5.74, 6) is 0.909. The van der Waals surface area contributed by atoms with E-state index in [2.05, 4.69) is 57.9 Å². The maximum absolute atomic E-state index is 4.67. The normalized spacial score (nSPS) is 10.7. The quantitative estimate of drug-likeness (QED) is 0.675. The molecule has 0 fully saturated rings. The molecule has 23 heavy (non-hydrogen) atoms. The lowest BCUT2D eigenvalue weighted by molar-refractivity contribution is 1.04. The predicted molar refractivity (Wildman–Crippen MR) is 97.1 cm³/mol. The van der Waals surface area contributed by atoms with Crippen molar-refractivity contribution in [3.8, 4) is 0 Å². The van der Waals surface area contributed by atoms with Gasteiger partial charge in [0.2, 0.25) is 0 Å². The van der Waals surface area contributed by atoms with Crippen molar-refractivity contribution in [1.82, 2.24) is 9.97 Å². The van der Waals surface area contributed by atoms with E-state index in [0.717, 1.165) is 47.6 Å². The zero-order valence-electron chi connectivity index (χ0n) is 13.6. The van der Waals surface area contributed by atoms with E-state index in [-0.39, 0.29) is 0 Å². The van der Waals surface area contributed by atoms with Gasteiger partial charge in [-0.05, 0) is 37.1 Å². The third-order valence-electron chi connectivity index (χ3n) is 3.79. The number of aryl methyl sites for hydroxylation is 2. The molecule has 4 nitrogen and oxygen atoms in total. The van der Waals surface area contributed by atoms with Crippen LogP contribution in [0.2, 0.25) is 0 Å². The number of para-hydroxylation sites is 1. The van der Waals surface area contributed by atoms with Crippen LogP contribution in [0.1, 0.15) is 18.2 Å². The number of pyridine rings is 2. The second kappa shape index (κ2) is 7.09. The average molecular weight is 306 g/mol. The van der Waals surface area contributed by atoms with Gasteiger partial charge in [-0.2, -0.15) is 0 Å². The summed E-state index contributed by atoms with van der Waals surface area (Å²) in [5.41, 5.74) is 4.47. The first kappa shape index (κ1) is 15.3. The van der Waals surface area contributed by atoms with Crippen LogP contribution < -0.4 is 10.6 Å². The molecule has 0 radical (unpaired) electrons. The van der Waals surface area contributed by atoms with E-state index in [9.17, 15) is 0 Å². The maximum Gasteiger partial charge on any atom is 0.125 e. The van der Waals surface area contributed by atoms with E-state index in [1.165, 1.54) is 5.56 Å². The summed E-state index contributed by atoms with van der Waals surface area (Å²) in [7, 11) is 0. The number of hydrogen-bond acceptors (Lipinski definition) is 4. The largest absolute Gasteiger partial charge is 0.383 e. The van der Waals surface area contributed by atoms with E-state index >= 15 is 0 Å². The first-order valence-corrected chi connectivity index (χ1v) is 8.05. The van der Waals surface area contributed by atoms with Gasteiger partial charge in [-0.15, -0.1) is 0 Å². The third kappa shape index (κ3) is 3.77. The van der Waals surface area contributed by atoms with Crippen molar-refractivity contribution in [2.75, 3.05) is 23.7 Å².